The van der Waals surface area contributed by atoms with Crippen molar-refractivity contribution in [2.75, 3.05) is 20.1 Å². The lowest BCUT2D eigenvalue weighted by Gasteiger charge is -2.30. The van der Waals surface area contributed by atoms with Crippen LogP contribution in [0.15, 0.2) is 0 Å². The molecular weight excluding hydrogens is 202 g/mol. The van der Waals surface area contributed by atoms with Crippen molar-refractivity contribution in [2.45, 2.75) is 47.0 Å². The van der Waals surface area contributed by atoms with Crippen molar-refractivity contribution in [3.63, 3.8) is 0 Å². The molecule has 0 amide bonds. The van der Waals surface area contributed by atoms with Crippen LogP contribution in [0.1, 0.15) is 47.0 Å². The molecule has 0 aliphatic heterocycles. The van der Waals surface area contributed by atoms with Gasteiger partial charge in [-0.3, -0.25) is 9.69 Å². The molecule has 0 aliphatic rings. The van der Waals surface area contributed by atoms with E-state index in [1.54, 1.807) is 0 Å². The van der Waals surface area contributed by atoms with E-state index in [1.807, 2.05) is 11.9 Å². The summed E-state index contributed by atoms with van der Waals surface area (Å²) in [6.45, 7) is 9.99. The Hall–Kier alpha value is -0.570. The van der Waals surface area contributed by atoms with Crippen molar-refractivity contribution in [3.05, 3.63) is 0 Å². The van der Waals surface area contributed by atoms with Crippen molar-refractivity contribution in [1.29, 1.82) is 0 Å². The first-order chi connectivity index (χ1) is 7.30. The quantitative estimate of drug-likeness (QED) is 0.695. The zero-order chi connectivity index (χ0) is 12.8. The van der Waals surface area contributed by atoms with Crippen LogP contribution in [0.2, 0.25) is 0 Å². The molecule has 0 radical (unpaired) electrons. The first-order valence-corrected chi connectivity index (χ1v) is 6.21. The normalized spacial score (nSPS) is 14.1. The molecule has 3 heteroatoms. The van der Waals surface area contributed by atoms with Crippen LogP contribution >= 0.6 is 0 Å². The van der Waals surface area contributed by atoms with Crippen LogP contribution in [0, 0.1) is 11.3 Å². The molecule has 0 fully saturated rings. The van der Waals surface area contributed by atoms with Crippen LogP contribution in [0.25, 0.3) is 0 Å². The largest absolute Gasteiger partial charge is 0.480 e. The topological polar surface area (TPSA) is 40.5 Å². The van der Waals surface area contributed by atoms with E-state index in [1.165, 1.54) is 12.8 Å². The number of carbonyl (C=O) groups is 1. The summed E-state index contributed by atoms with van der Waals surface area (Å²) >= 11 is 0. The molecule has 0 aliphatic carbocycles. The summed E-state index contributed by atoms with van der Waals surface area (Å²) in [4.78, 5) is 12.5. The third kappa shape index (κ3) is 6.83. The van der Waals surface area contributed by atoms with Crippen molar-refractivity contribution in [2.24, 2.45) is 11.3 Å². The molecule has 0 aromatic heterocycles. The lowest BCUT2D eigenvalue weighted by molar-refractivity contribution is -0.138. The average Bonchev–Trinajstić information content (AvgIpc) is 2.15. The number of carboxylic acid groups (broad SMARTS) is 1. The minimum atomic E-state index is -0.743. The summed E-state index contributed by atoms with van der Waals surface area (Å²) < 4.78 is 0. The Morgan fingerprint density at radius 2 is 1.94 bits per heavy atom. The molecule has 0 aromatic rings. The Morgan fingerprint density at radius 3 is 2.31 bits per heavy atom. The third-order valence-electron chi connectivity index (χ3n) is 3.35. The minimum Gasteiger partial charge on any atom is -0.480 e. The Bertz CT molecular complexity index is 214. The second kappa shape index (κ2) is 6.89. The van der Waals surface area contributed by atoms with Gasteiger partial charge in [0.25, 0.3) is 0 Å². The molecule has 1 atom stereocenters. The Morgan fingerprint density at radius 1 is 1.38 bits per heavy atom. The maximum absolute atomic E-state index is 10.6. The lowest BCUT2D eigenvalue weighted by atomic mass is 9.79. The van der Waals surface area contributed by atoms with Crippen LogP contribution in [-0.4, -0.2) is 36.1 Å². The number of hydrogen-bond donors (Lipinski definition) is 1. The zero-order valence-corrected chi connectivity index (χ0v) is 11.4. The maximum Gasteiger partial charge on any atom is 0.317 e. The van der Waals surface area contributed by atoms with Crippen molar-refractivity contribution in [3.8, 4) is 0 Å². The van der Waals surface area contributed by atoms with E-state index < -0.39 is 5.97 Å². The maximum atomic E-state index is 10.6. The summed E-state index contributed by atoms with van der Waals surface area (Å²) in [5.41, 5.74) is 0.366. The van der Waals surface area contributed by atoms with Gasteiger partial charge in [0.05, 0.1) is 6.54 Å². The Labute approximate surface area is 99.8 Å². The van der Waals surface area contributed by atoms with Gasteiger partial charge in [-0.05, 0) is 24.8 Å². The second-order valence-electron chi connectivity index (χ2n) is 5.59. The fourth-order valence-electron chi connectivity index (χ4n) is 2.00. The molecule has 0 bridgehead atoms. The number of likely N-dealkylation sites (N-methyl/N-ethyl adjacent to an activating group) is 1. The van der Waals surface area contributed by atoms with E-state index in [9.17, 15) is 4.79 Å². The van der Waals surface area contributed by atoms with Crippen LogP contribution in [-0.2, 0) is 4.79 Å². The van der Waals surface area contributed by atoms with Gasteiger partial charge in [0.15, 0.2) is 0 Å². The van der Waals surface area contributed by atoms with E-state index in [4.69, 9.17) is 5.11 Å². The van der Waals surface area contributed by atoms with E-state index in [-0.39, 0.29) is 6.54 Å². The highest BCUT2D eigenvalue weighted by molar-refractivity contribution is 5.68. The molecule has 0 spiro atoms. The highest BCUT2D eigenvalue weighted by atomic mass is 16.4. The summed E-state index contributed by atoms with van der Waals surface area (Å²) in [5.74, 6) is -0.147. The molecule has 96 valence electrons. The first kappa shape index (κ1) is 15.4. The molecule has 0 saturated heterocycles. The van der Waals surface area contributed by atoms with E-state index in [0.29, 0.717) is 11.3 Å². The zero-order valence-electron chi connectivity index (χ0n) is 11.4. The lowest BCUT2D eigenvalue weighted by Crippen LogP contribution is -2.32. The summed E-state index contributed by atoms with van der Waals surface area (Å²) in [6, 6.07) is 0. The van der Waals surface area contributed by atoms with E-state index >= 15 is 0 Å². The van der Waals surface area contributed by atoms with Crippen LogP contribution in [0.4, 0.5) is 0 Å². The van der Waals surface area contributed by atoms with Gasteiger partial charge in [-0.25, -0.2) is 0 Å². The Kier molecular flexibility index (Phi) is 6.65. The van der Waals surface area contributed by atoms with Crippen molar-refractivity contribution in [1.82, 2.24) is 4.90 Å². The van der Waals surface area contributed by atoms with E-state index in [0.717, 1.165) is 13.0 Å². The average molecular weight is 229 g/mol. The standard InChI is InChI=1S/C13H27NO2/c1-6-11(8-13(3,4)7-2)9-14(5)10-12(15)16/h11H,6-10H2,1-5H3,(H,15,16). The van der Waals surface area contributed by atoms with Crippen LogP contribution in [0.3, 0.4) is 0 Å². The summed E-state index contributed by atoms with van der Waals surface area (Å²) in [7, 11) is 1.88. The highest BCUT2D eigenvalue weighted by Gasteiger charge is 2.21. The van der Waals surface area contributed by atoms with E-state index in [2.05, 4.69) is 27.7 Å². The van der Waals surface area contributed by atoms with Gasteiger partial charge in [0.1, 0.15) is 0 Å². The van der Waals surface area contributed by atoms with Gasteiger partial charge in [-0.15, -0.1) is 0 Å². The predicted octanol–water partition coefficient (Wildman–Crippen LogP) is 2.86. The molecular formula is C13H27NO2. The molecule has 0 rings (SSSR count). The van der Waals surface area contributed by atoms with Gasteiger partial charge >= 0.3 is 5.97 Å². The smallest absolute Gasteiger partial charge is 0.317 e. The predicted molar refractivity (Wildman–Crippen MR) is 67.6 cm³/mol. The fraction of sp³-hybridized carbons (Fsp3) is 0.923. The van der Waals surface area contributed by atoms with Gasteiger partial charge in [0, 0.05) is 6.54 Å². The molecule has 1 N–H and O–H groups in total. The van der Waals surface area contributed by atoms with Crippen LogP contribution in [0.5, 0.6) is 0 Å². The van der Waals surface area contributed by atoms with Gasteiger partial charge in [-0.1, -0.05) is 40.5 Å². The third-order valence-corrected chi connectivity index (χ3v) is 3.35. The number of hydrogen-bond acceptors (Lipinski definition) is 2. The molecule has 3 nitrogen and oxygen atoms in total. The van der Waals surface area contributed by atoms with Gasteiger partial charge in [0.2, 0.25) is 0 Å². The van der Waals surface area contributed by atoms with Crippen molar-refractivity contribution < 1.29 is 9.90 Å². The van der Waals surface area contributed by atoms with Crippen molar-refractivity contribution >= 4 is 5.97 Å². The summed E-state index contributed by atoms with van der Waals surface area (Å²) in [5, 5.41) is 8.71. The minimum absolute atomic E-state index is 0.142. The van der Waals surface area contributed by atoms with Crippen LogP contribution < -0.4 is 0 Å². The second-order valence-corrected chi connectivity index (χ2v) is 5.59. The molecule has 0 aromatic carbocycles. The molecule has 0 saturated carbocycles. The van der Waals surface area contributed by atoms with Gasteiger partial charge < -0.3 is 5.11 Å². The molecule has 1 unspecified atom stereocenters. The monoisotopic (exact) mass is 229 g/mol. The number of nitrogens with zero attached hydrogens (tertiary/aromatic N) is 1. The number of carboxylic acids is 1. The highest BCUT2D eigenvalue weighted by Crippen LogP contribution is 2.30. The number of aliphatic carboxylic acids is 1. The number of rotatable bonds is 8. The fourth-order valence-corrected chi connectivity index (χ4v) is 2.00. The molecule has 0 heterocycles. The Balaban J connectivity index is 4.14. The molecule has 16 heavy (non-hydrogen) atoms. The first-order valence-electron chi connectivity index (χ1n) is 6.21. The SMILES string of the molecule is CCC(CN(C)CC(=O)O)CC(C)(C)CC. The summed E-state index contributed by atoms with van der Waals surface area (Å²) in [6.07, 6.45) is 3.46. The van der Waals surface area contributed by atoms with Gasteiger partial charge in [-0.2, -0.15) is 0 Å².